The van der Waals surface area contributed by atoms with Gasteiger partial charge in [0.1, 0.15) is 16.5 Å². The summed E-state index contributed by atoms with van der Waals surface area (Å²) in [6, 6.07) is 15.2. The molecule has 7 heteroatoms. The Morgan fingerprint density at radius 1 is 1.11 bits per heavy atom. The lowest BCUT2D eigenvalue weighted by atomic mass is 10.2. The van der Waals surface area contributed by atoms with Gasteiger partial charge in [0.2, 0.25) is 5.13 Å². The number of carbonyl (C=O) groups is 1. The average Bonchev–Trinajstić information content (AvgIpc) is 3.13. The second kappa shape index (κ2) is 8.95. The van der Waals surface area contributed by atoms with Gasteiger partial charge in [-0.05, 0) is 42.3 Å². The van der Waals surface area contributed by atoms with Crippen LogP contribution in [0.5, 0.6) is 11.5 Å². The molecule has 3 rings (SSSR count). The summed E-state index contributed by atoms with van der Waals surface area (Å²) in [5.41, 5.74) is 2.00. The molecule has 0 atom stereocenters. The third-order valence-electron chi connectivity index (χ3n) is 3.67. The molecule has 2 aromatic carbocycles. The zero-order chi connectivity index (χ0) is 19.1. The Morgan fingerprint density at radius 3 is 2.63 bits per heavy atom. The number of para-hydroxylation sites is 1. The van der Waals surface area contributed by atoms with Crippen LogP contribution < -0.4 is 14.8 Å². The minimum absolute atomic E-state index is 0.0819. The number of benzene rings is 2. The number of rotatable bonds is 7. The number of methoxy groups -OCH3 is 1. The van der Waals surface area contributed by atoms with Gasteiger partial charge >= 0.3 is 0 Å². The smallest absolute Gasteiger partial charge is 0.264 e. The quantitative estimate of drug-likeness (QED) is 0.669. The van der Waals surface area contributed by atoms with Crippen LogP contribution in [0.2, 0.25) is 0 Å². The predicted molar refractivity (Wildman–Crippen MR) is 107 cm³/mol. The van der Waals surface area contributed by atoms with Crippen LogP contribution in [0, 0.1) is 6.92 Å². The van der Waals surface area contributed by atoms with Crippen LogP contribution in [0.15, 0.2) is 48.5 Å². The molecule has 0 aliphatic carbocycles. The molecule has 6 nitrogen and oxygen atoms in total. The van der Waals surface area contributed by atoms with E-state index in [1.807, 2.05) is 67.6 Å². The number of nitrogens with zero attached hydrogens (tertiary/aromatic N) is 2. The Morgan fingerprint density at radius 2 is 1.89 bits per heavy atom. The summed E-state index contributed by atoms with van der Waals surface area (Å²) in [7, 11) is 1.63. The van der Waals surface area contributed by atoms with E-state index in [0.29, 0.717) is 15.9 Å². The Labute approximate surface area is 161 Å². The Balaban J connectivity index is 1.53. The molecular weight excluding hydrogens is 362 g/mol. The zero-order valence-electron chi connectivity index (χ0n) is 15.0. The van der Waals surface area contributed by atoms with Gasteiger partial charge in [0.05, 0.1) is 7.11 Å². The van der Waals surface area contributed by atoms with Crippen molar-refractivity contribution in [1.82, 2.24) is 10.2 Å². The van der Waals surface area contributed by atoms with E-state index in [2.05, 4.69) is 15.5 Å². The minimum Gasteiger partial charge on any atom is -0.497 e. The first-order valence-electron chi connectivity index (χ1n) is 8.28. The highest BCUT2D eigenvalue weighted by atomic mass is 32.1. The molecule has 0 saturated heterocycles. The van der Waals surface area contributed by atoms with Gasteiger partial charge < -0.3 is 9.47 Å². The average molecular weight is 381 g/mol. The third-order valence-corrected chi connectivity index (χ3v) is 4.48. The molecule has 0 unspecified atom stereocenters. The monoisotopic (exact) mass is 381 g/mol. The van der Waals surface area contributed by atoms with E-state index in [1.165, 1.54) is 11.3 Å². The van der Waals surface area contributed by atoms with Crippen molar-refractivity contribution in [3.05, 3.63) is 64.7 Å². The molecule has 0 bridgehead atoms. The Hall–Kier alpha value is -3.19. The normalized spacial score (nSPS) is 10.7. The summed E-state index contributed by atoms with van der Waals surface area (Å²) in [5, 5.41) is 11.9. The summed E-state index contributed by atoms with van der Waals surface area (Å²) >= 11 is 1.29. The SMILES string of the molecule is COc1ccc(C=Cc2nnc(NC(=O)COc3ccccc3C)s2)cc1. The number of aromatic nitrogens is 2. The minimum atomic E-state index is -0.278. The van der Waals surface area contributed by atoms with Crippen molar-refractivity contribution in [1.29, 1.82) is 0 Å². The van der Waals surface area contributed by atoms with E-state index in [-0.39, 0.29) is 12.5 Å². The first kappa shape index (κ1) is 18.6. The maximum absolute atomic E-state index is 12.0. The molecular formula is C20H19N3O3S. The molecule has 0 saturated carbocycles. The molecule has 0 fully saturated rings. The van der Waals surface area contributed by atoms with E-state index < -0.39 is 0 Å². The van der Waals surface area contributed by atoms with Crippen LogP contribution in [0.4, 0.5) is 5.13 Å². The summed E-state index contributed by atoms with van der Waals surface area (Å²) in [4.78, 5) is 12.0. The highest BCUT2D eigenvalue weighted by Gasteiger charge is 2.08. The van der Waals surface area contributed by atoms with Gasteiger partial charge in [-0.1, -0.05) is 47.7 Å². The van der Waals surface area contributed by atoms with Crippen molar-refractivity contribution < 1.29 is 14.3 Å². The molecule has 27 heavy (non-hydrogen) atoms. The van der Waals surface area contributed by atoms with Crippen molar-refractivity contribution in [2.24, 2.45) is 0 Å². The fourth-order valence-electron chi connectivity index (χ4n) is 2.25. The van der Waals surface area contributed by atoms with Crippen LogP contribution >= 0.6 is 11.3 Å². The Kier molecular flexibility index (Phi) is 6.17. The van der Waals surface area contributed by atoms with Crippen LogP contribution in [0.1, 0.15) is 16.1 Å². The lowest BCUT2D eigenvalue weighted by Gasteiger charge is -2.07. The second-order valence-electron chi connectivity index (χ2n) is 5.65. The van der Waals surface area contributed by atoms with Gasteiger partial charge in [-0.2, -0.15) is 0 Å². The predicted octanol–water partition coefficient (Wildman–Crippen LogP) is 4.04. The number of anilines is 1. The lowest BCUT2D eigenvalue weighted by Crippen LogP contribution is -2.20. The van der Waals surface area contributed by atoms with Crippen LogP contribution in [0.3, 0.4) is 0 Å². The molecule has 1 N–H and O–H groups in total. The largest absolute Gasteiger partial charge is 0.497 e. The maximum Gasteiger partial charge on any atom is 0.264 e. The number of hydrogen-bond donors (Lipinski definition) is 1. The molecule has 0 spiro atoms. The van der Waals surface area contributed by atoms with Gasteiger partial charge in [0.25, 0.3) is 5.91 Å². The molecule has 0 radical (unpaired) electrons. The van der Waals surface area contributed by atoms with E-state index >= 15 is 0 Å². The number of amides is 1. The number of carbonyl (C=O) groups excluding carboxylic acids is 1. The fourth-order valence-corrected chi connectivity index (χ4v) is 2.91. The van der Waals surface area contributed by atoms with Crippen molar-refractivity contribution in [3.8, 4) is 11.5 Å². The van der Waals surface area contributed by atoms with Crippen LogP contribution in [-0.4, -0.2) is 29.8 Å². The highest BCUT2D eigenvalue weighted by Crippen LogP contribution is 2.19. The summed E-state index contributed by atoms with van der Waals surface area (Å²) in [6.45, 7) is 1.85. The topological polar surface area (TPSA) is 73.3 Å². The van der Waals surface area contributed by atoms with E-state index in [9.17, 15) is 4.79 Å². The second-order valence-corrected chi connectivity index (χ2v) is 6.66. The van der Waals surface area contributed by atoms with Gasteiger partial charge in [0, 0.05) is 0 Å². The molecule has 1 aromatic heterocycles. The third kappa shape index (κ3) is 5.39. The van der Waals surface area contributed by atoms with Gasteiger partial charge in [-0.3, -0.25) is 10.1 Å². The number of ether oxygens (including phenoxy) is 2. The molecule has 0 aliphatic heterocycles. The highest BCUT2D eigenvalue weighted by molar-refractivity contribution is 7.16. The van der Waals surface area contributed by atoms with Gasteiger partial charge in [-0.15, -0.1) is 10.2 Å². The van der Waals surface area contributed by atoms with Crippen molar-refractivity contribution in [2.45, 2.75) is 6.92 Å². The number of hydrogen-bond acceptors (Lipinski definition) is 6. The lowest BCUT2D eigenvalue weighted by molar-refractivity contribution is -0.118. The van der Waals surface area contributed by atoms with E-state index in [4.69, 9.17) is 9.47 Å². The summed E-state index contributed by atoms with van der Waals surface area (Å²) in [6.07, 6.45) is 3.77. The maximum atomic E-state index is 12.0. The van der Waals surface area contributed by atoms with E-state index in [0.717, 1.165) is 16.9 Å². The zero-order valence-corrected chi connectivity index (χ0v) is 15.8. The number of nitrogens with one attached hydrogen (secondary N) is 1. The first-order chi connectivity index (χ1) is 13.1. The molecule has 138 valence electrons. The fraction of sp³-hybridized carbons (Fsp3) is 0.150. The molecule has 3 aromatic rings. The van der Waals surface area contributed by atoms with Crippen LogP contribution in [-0.2, 0) is 4.79 Å². The van der Waals surface area contributed by atoms with Crippen molar-refractivity contribution in [2.75, 3.05) is 19.0 Å². The van der Waals surface area contributed by atoms with E-state index in [1.54, 1.807) is 7.11 Å². The summed E-state index contributed by atoms with van der Waals surface area (Å²) < 4.78 is 10.7. The molecule has 1 amide bonds. The van der Waals surface area contributed by atoms with Gasteiger partial charge in [-0.25, -0.2) is 0 Å². The first-order valence-corrected chi connectivity index (χ1v) is 9.09. The number of aryl methyl sites for hydroxylation is 1. The van der Waals surface area contributed by atoms with Crippen molar-refractivity contribution in [3.63, 3.8) is 0 Å². The summed E-state index contributed by atoms with van der Waals surface area (Å²) in [5.74, 6) is 1.22. The molecule has 0 aliphatic rings. The van der Waals surface area contributed by atoms with Crippen LogP contribution in [0.25, 0.3) is 12.2 Å². The Bertz CT molecular complexity index is 936. The van der Waals surface area contributed by atoms with Gasteiger partial charge in [0.15, 0.2) is 6.61 Å². The standard InChI is InChI=1S/C20H19N3O3S/c1-14-5-3-4-6-17(14)26-13-18(24)21-20-23-22-19(27-20)12-9-15-7-10-16(25-2)11-8-15/h3-12H,13H2,1-2H3,(H,21,23,24). The van der Waals surface area contributed by atoms with Crippen molar-refractivity contribution >= 4 is 34.5 Å². The molecule has 1 heterocycles.